The van der Waals surface area contributed by atoms with Crippen molar-refractivity contribution in [2.75, 3.05) is 25.6 Å². The molecule has 1 N–H and O–H groups in total. The van der Waals surface area contributed by atoms with Crippen molar-refractivity contribution in [3.63, 3.8) is 0 Å². The average Bonchev–Trinajstić information content (AvgIpc) is 2.61. The van der Waals surface area contributed by atoms with E-state index in [1.54, 1.807) is 6.92 Å². The van der Waals surface area contributed by atoms with Crippen LogP contribution in [0, 0.1) is 0 Å². The second-order valence-corrected chi connectivity index (χ2v) is 8.01. The van der Waals surface area contributed by atoms with Gasteiger partial charge in [0.15, 0.2) is 6.29 Å². The Bertz CT molecular complexity index is 591. The molecule has 0 spiro atoms. The van der Waals surface area contributed by atoms with Crippen LogP contribution in [0.1, 0.15) is 57.9 Å². The van der Waals surface area contributed by atoms with Crippen LogP contribution in [0.2, 0.25) is 0 Å². The number of ether oxygens (including phenoxy) is 3. The van der Waals surface area contributed by atoms with Crippen LogP contribution in [0.4, 0.5) is 0 Å². The molecule has 1 rings (SSSR count). The van der Waals surface area contributed by atoms with Crippen LogP contribution in [0.15, 0.2) is 24.3 Å². The predicted octanol–water partition coefficient (Wildman–Crippen LogP) is 3.59. The van der Waals surface area contributed by atoms with Gasteiger partial charge < -0.3 is 14.2 Å². The molecule has 0 saturated heterocycles. The van der Waals surface area contributed by atoms with Crippen molar-refractivity contribution < 1.29 is 27.2 Å². The molecule has 1 aromatic carbocycles. The summed E-state index contributed by atoms with van der Waals surface area (Å²) in [5.41, 5.74) is 1.30. The molecular formula is C20H35NaO6S. The molecular weight excluding hydrogens is 391 g/mol. The van der Waals surface area contributed by atoms with Crippen molar-refractivity contribution in [1.82, 2.24) is 0 Å². The first-order valence-corrected chi connectivity index (χ1v) is 11.5. The molecule has 0 bridgehead atoms. The SMILES string of the molecule is CCCCCCCCc1ccc(OCCOC(CS(=O)(=O)O)OCC)cc1.[NaH]. The number of hydrogen-bond acceptors (Lipinski definition) is 5. The fourth-order valence-corrected chi connectivity index (χ4v) is 3.24. The zero-order valence-corrected chi connectivity index (χ0v) is 17.4. The third-order valence-corrected chi connectivity index (χ3v) is 4.79. The first kappa shape index (κ1) is 27.8. The van der Waals surface area contributed by atoms with E-state index in [1.165, 1.54) is 44.1 Å². The second-order valence-electron chi connectivity index (χ2n) is 6.51. The first-order valence-electron chi connectivity index (χ1n) is 9.84. The molecule has 0 aliphatic heterocycles. The number of unbranched alkanes of at least 4 members (excludes halogenated alkanes) is 5. The molecule has 0 aliphatic rings. The minimum absolute atomic E-state index is 0. The Kier molecular flexibility index (Phi) is 16.5. The van der Waals surface area contributed by atoms with Gasteiger partial charge in [-0.25, -0.2) is 0 Å². The minimum atomic E-state index is -4.15. The van der Waals surface area contributed by atoms with Crippen LogP contribution in [0.5, 0.6) is 5.75 Å². The summed E-state index contributed by atoms with van der Waals surface area (Å²) in [6.07, 6.45) is 7.84. The summed E-state index contributed by atoms with van der Waals surface area (Å²) in [6, 6.07) is 8.02. The summed E-state index contributed by atoms with van der Waals surface area (Å²) >= 11 is 0. The molecule has 0 aromatic heterocycles. The maximum absolute atomic E-state index is 10.9. The molecule has 1 atom stereocenters. The van der Waals surface area contributed by atoms with Crippen molar-refractivity contribution in [2.24, 2.45) is 0 Å². The Morgan fingerprint density at radius 3 is 2.18 bits per heavy atom. The van der Waals surface area contributed by atoms with Gasteiger partial charge in [0.2, 0.25) is 0 Å². The number of hydrogen-bond donors (Lipinski definition) is 1. The molecule has 0 radical (unpaired) electrons. The normalized spacial score (nSPS) is 12.4. The van der Waals surface area contributed by atoms with Crippen molar-refractivity contribution in [1.29, 1.82) is 0 Å². The van der Waals surface area contributed by atoms with Gasteiger partial charge in [-0.15, -0.1) is 0 Å². The van der Waals surface area contributed by atoms with Crippen LogP contribution >= 0.6 is 0 Å². The number of aryl methyl sites for hydroxylation is 1. The van der Waals surface area contributed by atoms with E-state index in [0.29, 0.717) is 6.61 Å². The third-order valence-electron chi connectivity index (χ3n) is 4.10. The van der Waals surface area contributed by atoms with E-state index in [-0.39, 0.29) is 42.8 Å². The van der Waals surface area contributed by atoms with E-state index < -0.39 is 22.2 Å². The van der Waals surface area contributed by atoms with Crippen LogP contribution in [-0.2, 0) is 26.0 Å². The van der Waals surface area contributed by atoms with Gasteiger partial charge in [0, 0.05) is 6.61 Å². The average molecular weight is 427 g/mol. The Morgan fingerprint density at radius 1 is 0.929 bits per heavy atom. The Hall–Kier alpha value is -0.150. The van der Waals surface area contributed by atoms with Crippen molar-refractivity contribution in [3.05, 3.63) is 29.8 Å². The van der Waals surface area contributed by atoms with Gasteiger partial charge in [-0.2, -0.15) is 8.42 Å². The van der Waals surface area contributed by atoms with E-state index in [0.717, 1.165) is 12.2 Å². The van der Waals surface area contributed by atoms with E-state index >= 15 is 0 Å². The maximum atomic E-state index is 10.9. The summed E-state index contributed by atoms with van der Waals surface area (Å²) < 4.78 is 46.7. The van der Waals surface area contributed by atoms with Gasteiger partial charge in [-0.1, -0.05) is 51.2 Å². The number of rotatable bonds is 16. The molecule has 0 saturated carbocycles. The molecule has 8 heteroatoms. The fraction of sp³-hybridized carbons (Fsp3) is 0.700. The number of benzene rings is 1. The second kappa shape index (κ2) is 16.6. The third kappa shape index (κ3) is 14.8. The molecule has 0 aliphatic carbocycles. The quantitative estimate of drug-likeness (QED) is 0.188. The molecule has 1 unspecified atom stereocenters. The van der Waals surface area contributed by atoms with E-state index in [2.05, 4.69) is 19.1 Å². The monoisotopic (exact) mass is 426 g/mol. The molecule has 6 nitrogen and oxygen atoms in total. The standard InChI is InChI=1S/C20H34O6S.Na.H/c1-3-5-6-7-8-9-10-18-11-13-19(14-12-18)25-15-16-26-20(24-4-2)17-27(21,22)23;;/h11-14,20H,3-10,15-17H2,1-2H3,(H,21,22,23);;. The first-order chi connectivity index (χ1) is 12.9. The zero-order valence-electron chi connectivity index (χ0n) is 16.6. The summed E-state index contributed by atoms with van der Waals surface area (Å²) in [4.78, 5) is 0. The Balaban J connectivity index is 0.00000729. The summed E-state index contributed by atoms with van der Waals surface area (Å²) in [7, 11) is -4.15. The summed E-state index contributed by atoms with van der Waals surface area (Å²) in [5.74, 6) is 0.154. The van der Waals surface area contributed by atoms with Gasteiger partial charge in [-0.3, -0.25) is 4.55 Å². The van der Waals surface area contributed by atoms with Crippen molar-refractivity contribution in [2.45, 2.75) is 65.1 Å². The molecule has 1 aromatic rings. The van der Waals surface area contributed by atoms with Gasteiger partial charge in [0.25, 0.3) is 10.1 Å². The molecule has 0 fully saturated rings. The van der Waals surface area contributed by atoms with Gasteiger partial charge >= 0.3 is 29.6 Å². The molecule has 158 valence electrons. The Morgan fingerprint density at radius 2 is 1.57 bits per heavy atom. The molecule has 0 heterocycles. The van der Waals surface area contributed by atoms with E-state index in [4.69, 9.17) is 18.8 Å². The van der Waals surface area contributed by atoms with Crippen LogP contribution < -0.4 is 4.74 Å². The van der Waals surface area contributed by atoms with Crippen molar-refractivity contribution in [3.8, 4) is 5.75 Å². The van der Waals surface area contributed by atoms with Gasteiger partial charge in [-0.05, 0) is 37.5 Å². The van der Waals surface area contributed by atoms with Gasteiger partial charge in [0.05, 0.1) is 6.61 Å². The topological polar surface area (TPSA) is 82.1 Å². The molecule has 0 amide bonds. The predicted molar refractivity (Wildman–Crippen MR) is 114 cm³/mol. The summed E-state index contributed by atoms with van der Waals surface area (Å²) in [6.45, 7) is 4.68. The molecule has 28 heavy (non-hydrogen) atoms. The summed E-state index contributed by atoms with van der Waals surface area (Å²) in [5, 5.41) is 0. The zero-order chi connectivity index (χ0) is 20.0. The Labute approximate surface area is 192 Å². The van der Waals surface area contributed by atoms with Crippen LogP contribution in [0.3, 0.4) is 0 Å². The fourth-order valence-electron chi connectivity index (χ4n) is 2.70. The van der Waals surface area contributed by atoms with E-state index in [9.17, 15) is 8.42 Å². The van der Waals surface area contributed by atoms with Crippen molar-refractivity contribution >= 4 is 39.7 Å². The van der Waals surface area contributed by atoms with E-state index in [1.807, 2.05) is 12.1 Å². The van der Waals surface area contributed by atoms with Crippen LogP contribution in [0.25, 0.3) is 0 Å². The van der Waals surface area contributed by atoms with Crippen LogP contribution in [-0.4, -0.2) is 74.4 Å². The van der Waals surface area contributed by atoms with Gasteiger partial charge in [0.1, 0.15) is 18.1 Å².